The van der Waals surface area contributed by atoms with Gasteiger partial charge in [-0.15, -0.1) is 0 Å². The summed E-state index contributed by atoms with van der Waals surface area (Å²) in [7, 11) is 1.61. The summed E-state index contributed by atoms with van der Waals surface area (Å²) in [5.74, 6) is 0.613. The molecule has 0 spiro atoms. The van der Waals surface area contributed by atoms with Gasteiger partial charge in [-0.3, -0.25) is 4.79 Å². The molecule has 0 aromatic heterocycles. The van der Waals surface area contributed by atoms with Crippen LogP contribution in [-0.4, -0.2) is 19.6 Å². The Kier molecular flexibility index (Phi) is 3.64. The molecule has 2 N–H and O–H groups in total. The number of methoxy groups -OCH3 is 1. The molecule has 4 heteroatoms. The Labute approximate surface area is 101 Å². The summed E-state index contributed by atoms with van der Waals surface area (Å²) in [6.07, 6.45) is 2.35. The first kappa shape index (κ1) is 11.9. The molecule has 0 saturated carbocycles. The van der Waals surface area contributed by atoms with Gasteiger partial charge in [0.25, 0.3) is 0 Å². The molecule has 4 nitrogen and oxygen atoms in total. The minimum atomic E-state index is -0.0835. The molecule has 17 heavy (non-hydrogen) atoms. The summed E-state index contributed by atoms with van der Waals surface area (Å²) in [5.41, 5.74) is 1.94. The number of ether oxygens (including phenoxy) is 1. The van der Waals surface area contributed by atoms with Crippen LogP contribution in [0.15, 0.2) is 18.2 Å². The molecule has 1 heterocycles. The predicted octanol–water partition coefficient (Wildman–Crippen LogP) is 2.08. The van der Waals surface area contributed by atoms with E-state index in [2.05, 4.69) is 10.6 Å². The van der Waals surface area contributed by atoms with Crippen molar-refractivity contribution in [1.29, 1.82) is 0 Å². The van der Waals surface area contributed by atoms with E-state index in [9.17, 15) is 4.79 Å². The lowest BCUT2D eigenvalue weighted by Crippen LogP contribution is -2.14. The highest BCUT2D eigenvalue weighted by Crippen LogP contribution is 2.31. The van der Waals surface area contributed by atoms with Crippen LogP contribution >= 0.6 is 0 Å². The van der Waals surface area contributed by atoms with E-state index in [1.54, 1.807) is 7.11 Å². The van der Waals surface area contributed by atoms with E-state index in [-0.39, 0.29) is 5.91 Å². The topological polar surface area (TPSA) is 50.4 Å². The number of hydrogen-bond donors (Lipinski definition) is 2. The Morgan fingerprint density at radius 3 is 2.94 bits per heavy atom. The average molecular weight is 234 g/mol. The van der Waals surface area contributed by atoms with Crippen LogP contribution in [0.1, 0.15) is 31.4 Å². The lowest BCUT2D eigenvalue weighted by Gasteiger charge is -2.15. The Bertz CT molecular complexity index is 412. The molecule has 2 rings (SSSR count). The van der Waals surface area contributed by atoms with Gasteiger partial charge >= 0.3 is 0 Å². The third-order valence-corrected chi connectivity index (χ3v) is 3.00. The second-order valence-corrected chi connectivity index (χ2v) is 4.29. The molecule has 0 radical (unpaired) electrons. The lowest BCUT2D eigenvalue weighted by atomic mass is 10.0. The summed E-state index contributed by atoms with van der Waals surface area (Å²) in [4.78, 5) is 11.1. The third kappa shape index (κ3) is 2.77. The van der Waals surface area contributed by atoms with Gasteiger partial charge in [-0.2, -0.15) is 0 Å². The monoisotopic (exact) mass is 234 g/mol. The predicted molar refractivity (Wildman–Crippen MR) is 67.3 cm³/mol. The first-order chi connectivity index (χ1) is 8.20. The maximum Gasteiger partial charge on any atom is 0.221 e. The smallest absolute Gasteiger partial charge is 0.221 e. The molecule has 1 fully saturated rings. The van der Waals surface area contributed by atoms with E-state index < -0.39 is 0 Å². The van der Waals surface area contributed by atoms with Crippen LogP contribution in [-0.2, 0) is 4.79 Å². The standard InChI is InChI=1S/C13H18N2O2/c1-9(16)15-12-8-10(5-6-13(12)17-2)11-4-3-7-14-11/h5-6,8,11,14H,3-4,7H2,1-2H3,(H,15,16). The van der Waals surface area contributed by atoms with Crippen LogP contribution in [0, 0.1) is 0 Å². The molecule has 1 aliphatic heterocycles. The van der Waals surface area contributed by atoms with E-state index >= 15 is 0 Å². The molecule has 92 valence electrons. The van der Waals surface area contributed by atoms with E-state index in [0.29, 0.717) is 11.8 Å². The van der Waals surface area contributed by atoms with Crippen LogP contribution in [0.2, 0.25) is 0 Å². The molecular weight excluding hydrogens is 216 g/mol. The fourth-order valence-corrected chi connectivity index (χ4v) is 2.20. The van der Waals surface area contributed by atoms with Gasteiger partial charge in [-0.1, -0.05) is 6.07 Å². The molecule has 1 aromatic carbocycles. The van der Waals surface area contributed by atoms with Crippen molar-refractivity contribution in [2.45, 2.75) is 25.8 Å². The number of nitrogens with one attached hydrogen (secondary N) is 2. The Morgan fingerprint density at radius 1 is 1.53 bits per heavy atom. The number of benzene rings is 1. The van der Waals surface area contributed by atoms with Gasteiger partial charge in [-0.25, -0.2) is 0 Å². The highest BCUT2D eigenvalue weighted by Gasteiger charge is 2.17. The van der Waals surface area contributed by atoms with Crippen molar-refractivity contribution in [3.63, 3.8) is 0 Å². The van der Waals surface area contributed by atoms with E-state index in [1.165, 1.54) is 18.9 Å². The molecule has 1 aromatic rings. The minimum absolute atomic E-state index is 0.0835. The molecule has 1 aliphatic rings. The fraction of sp³-hybridized carbons (Fsp3) is 0.462. The Balaban J connectivity index is 2.26. The Morgan fingerprint density at radius 2 is 2.35 bits per heavy atom. The zero-order valence-electron chi connectivity index (χ0n) is 10.2. The number of amides is 1. The number of rotatable bonds is 3. The molecule has 1 unspecified atom stereocenters. The van der Waals surface area contributed by atoms with Crippen LogP contribution in [0.25, 0.3) is 0 Å². The van der Waals surface area contributed by atoms with Gasteiger partial charge in [-0.05, 0) is 37.1 Å². The normalized spacial score (nSPS) is 19.1. The quantitative estimate of drug-likeness (QED) is 0.841. The van der Waals surface area contributed by atoms with E-state index in [4.69, 9.17) is 4.74 Å². The highest BCUT2D eigenvalue weighted by atomic mass is 16.5. The summed E-state index contributed by atoms with van der Waals surface area (Å²) < 4.78 is 5.23. The SMILES string of the molecule is COc1ccc(C2CCCN2)cc1NC(C)=O. The number of anilines is 1. The van der Waals surface area contributed by atoms with E-state index in [0.717, 1.165) is 18.7 Å². The first-order valence-electron chi connectivity index (χ1n) is 5.89. The summed E-state index contributed by atoms with van der Waals surface area (Å²) >= 11 is 0. The average Bonchev–Trinajstić information content (AvgIpc) is 2.81. The fourth-order valence-electron chi connectivity index (χ4n) is 2.20. The second kappa shape index (κ2) is 5.19. The zero-order chi connectivity index (χ0) is 12.3. The van der Waals surface area contributed by atoms with Crippen LogP contribution < -0.4 is 15.4 Å². The van der Waals surface area contributed by atoms with E-state index in [1.807, 2.05) is 18.2 Å². The molecular formula is C13H18N2O2. The van der Waals surface area contributed by atoms with Crippen molar-refractivity contribution in [1.82, 2.24) is 5.32 Å². The minimum Gasteiger partial charge on any atom is -0.495 e. The van der Waals surface area contributed by atoms with Gasteiger partial charge in [0.05, 0.1) is 12.8 Å². The highest BCUT2D eigenvalue weighted by molar-refractivity contribution is 5.90. The number of carbonyl (C=O) groups excluding carboxylic acids is 1. The first-order valence-corrected chi connectivity index (χ1v) is 5.89. The molecule has 1 saturated heterocycles. The van der Waals surface area contributed by atoms with Gasteiger partial charge < -0.3 is 15.4 Å². The number of hydrogen-bond acceptors (Lipinski definition) is 3. The van der Waals surface area contributed by atoms with Crippen LogP contribution in [0.3, 0.4) is 0 Å². The van der Waals surface area contributed by atoms with Gasteiger partial charge in [0.15, 0.2) is 0 Å². The van der Waals surface area contributed by atoms with Crippen molar-refractivity contribution in [3.05, 3.63) is 23.8 Å². The molecule has 0 bridgehead atoms. The maximum atomic E-state index is 11.1. The van der Waals surface area contributed by atoms with Crippen molar-refractivity contribution < 1.29 is 9.53 Å². The van der Waals surface area contributed by atoms with Crippen molar-refractivity contribution in [2.75, 3.05) is 19.0 Å². The van der Waals surface area contributed by atoms with Gasteiger partial charge in [0, 0.05) is 13.0 Å². The van der Waals surface area contributed by atoms with Crippen molar-refractivity contribution in [3.8, 4) is 5.75 Å². The second-order valence-electron chi connectivity index (χ2n) is 4.29. The largest absolute Gasteiger partial charge is 0.495 e. The third-order valence-electron chi connectivity index (χ3n) is 3.00. The summed E-state index contributed by atoms with van der Waals surface area (Å²) in [6.45, 7) is 2.56. The van der Waals surface area contributed by atoms with Gasteiger partial charge in [0.2, 0.25) is 5.91 Å². The van der Waals surface area contributed by atoms with Crippen molar-refractivity contribution in [2.24, 2.45) is 0 Å². The number of carbonyl (C=O) groups is 1. The molecule has 1 amide bonds. The lowest BCUT2D eigenvalue weighted by molar-refractivity contribution is -0.114. The van der Waals surface area contributed by atoms with Crippen LogP contribution in [0.5, 0.6) is 5.75 Å². The molecule has 0 aliphatic carbocycles. The van der Waals surface area contributed by atoms with Crippen LogP contribution in [0.4, 0.5) is 5.69 Å². The Hall–Kier alpha value is -1.55. The molecule has 1 atom stereocenters. The summed E-state index contributed by atoms with van der Waals surface area (Å²) in [6, 6.07) is 6.34. The van der Waals surface area contributed by atoms with Crippen molar-refractivity contribution >= 4 is 11.6 Å². The zero-order valence-corrected chi connectivity index (χ0v) is 10.2. The van der Waals surface area contributed by atoms with Gasteiger partial charge in [0.1, 0.15) is 5.75 Å². The summed E-state index contributed by atoms with van der Waals surface area (Å²) in [5, 5.41) is 6.23. The maximum absolute atomic E-state index is 11.1.